The van der Waals surface area contributed by atoms with E-state index in [1.165, 1.54) is 0 Å². The lowest BCUT2D eigenvalue weighted by molar-refractivity contribution is 0.191. The van der Waals surface area contributed by atoms with Gasteiger partial charge < -0.3 is 19.9 Å². The van der Waals surface area contributed by atoms with Crippen LogP contribution in [0.2, 0.25) is 0 Å². The molecule has 2 heterocycles. The summed E-state index contributed by atoms with van der Waals surface area (Å²) in [6.45, 7) is 9.04. The Morgan fingerprint density at radius 1 is 1.27 bits per heavy atom. The van der Waals surface area contributed by atoms with Crippen molar-refractivity contribution in [2.45, 2.75) is 26.8 Å². The van der Waals surface area contributed by atoms with Gasteiger partial charge in [-0.2, -0.15) is 0 Å². The highest BCUT2D eigenvalue weighted by Gasteiger charge is 2.24. The molecule has 2 amide bonds. The first-order chi connectivity index (χ1) is 12.5. The van der Waals surface area contributed by atoms with Crippen LogP contribution in [0.1, 0.15) is 29.8 Å². The molecule has 1 N–H and O–H groups in total. The summed E-state index contributed by atoms with van der Waals surface area (Å²) in [5.41, 5.74) is 3.19. The van der Waals surface area contributed by atoms with Crippen LogP contribution in [0.15, 0.2) is 23.6 Å². The number of aromatic nitrogens is 1. The summed E-state index contributed by atoms with van der Waals surface area (Å²) in [6, 6.07) is 5.87. The standard InChI is InChI=1S/C19H26N4O2S/c1-13-5-6-17(25-4)16(11-13)15(3)21-18(24)22-7-9-23(10-8-22)19-20-14(2)12-26-19/h5-6,11-12,15H,7-10H2,1-4H3,(H,21,24). The molecule has 0 radical (unpaired) electrons. The minimum atomic E-state index is -0.114. The number of aryl methyl sites for hydroxylation is 2. The first-order valence-corrected chi connectivity index (χ1v) is 9.73. The predicted octanol–water partition coefficient (Wildman–Crippen LogP) is 3.36. The molecule has 1 aromatic carbocycles. The van der Waals surface area contributed by atoms with Gasteiger partial charge in [0.1, 0.15) is 5.75 Å². The first-order valence-electron chi connectivity index (χ1n) is 8.85. The molecule has 0 aliphatic carbocycles. The summed E-state index contributed by atoms with van der Waals surface area (Å²) >= 11 is 1.66. The molecule has 3 rings (SSSR count). The topological polar surface area (TPSA) is 57.7 Å². The van der Waals surface area contributed by atoms with E-state index >= 15 is 0 Å². The largest absolute Gasteiger partial charge is 0.496 e. The molecule has 140 valence electrons. The number of benzene rings is 1. The Morgan fingerprint density at radius 3 is 2.62 bits per heavy atom. The van der Waals surface area contributed by atoms with Crippen molar-refractivity contribution in [1.82, 2.24) is 15.2 Å². The van der Waals surface area contributed by atoms with Gasteiger partial charge in [-0.05, 0) is 26.8 Å². The average molecular weight is 375 g/mol. The van der Waals surface area contributed by atoms with Crippen LogP contribution in [0.25, 0.3) is 0 Å². The maximum Gasteiger partial charge on any atom is 0.317 e. The highest BCUT2D eigenvalue weighted by Crippen LogP contribution is 2.26. The molecule has 2 aromatic rings. The zero-order valence-corrected chi connectivity index (χ0v) is 16.6. The molecule has 1 aromatic heterocycles. The van der Waals surface area contributed by atoms with Crippen molar-refractivity contribution in [3.63, 3.8) is 0 Å². The molecule has 7 heteroatoms. The molecular weight excluding hydrogens is 348 g/mol. The van der Waals surface area contributed by atoms with Crippen LogP contribution in [0.4, 0.5) is 9.93 Å². The smallest absolute Gasteiger partial charge is 0.317 e. The number of carbonyl (C=O) groups excluding carboxylic acids is 1. The van der Waals surface area contributed by atoms with Gasteiger partial charge in [0.25, 0.3) is 0 Å². The number of nitrogens with zero attached hydrogens (tertiary/aromatic N) is 3. The molecule has 0 saturated carbocycles. The number of amides is 2. The normalized spacial score (nSPS) is 15.7. The Hall–Kier alpha value is -2.28. The SMILES string of the molecule is COc1ccc(C)cc1C(C)NC(=O)N1CCN(c2nc(C)cs2)CC1. The number of piperazine rings is 1. The summed E-state index contributed by atoms with van der Waals surface area (Å²) < 4.78 is 5.44. The van der Waals surface area contributed by atoms with Gasteiger partial charge in [-0.1, -0.05) is 17.7 Å². The number of hydrogen-bond donors (Lipinski definition) is 1. The number of methoxy groups -OCH3 is 1. The molecule has 6 nitrogen and oxygen atoms in total. The van der Waals surface area contributed by atoms with Crippen LogP contribution in [0, 0.1) is 13.8 Å². The third-order valence-corrected chi connectivity index (χ3v) is 5.66. The highest BCUT2D eigenvalue weighted by atomic mass is 32.1. The molecule has 1 saturated heterocycles. The summed E-state index contributed by atoms with van der Waals surface area (Å²) in [7, 11) is 1.66. The van der Waals surface area contributed by atoms with Crippen LogP contribution in [-0.4, -0.2) is 49.2 Å². The number of urea groups is 1. The number of carbonyl (C=O) groups is 1. The molecule has 1 aliphatic rings. The van der Waals surface area contributed by atoms with Gasteiger partial charge in [0, 0.05) is 37.1 Å². The molecule has 26 heavy (non-hydrogen) atoms. The van der Waals surface area contributed by atoms with Gasteiger partial charge in [-0.15, -0.1) is 11.3 Å². The van der Waals surface area contributed by atoms with Crippen molar-refractivity contribution >= 4 is 22.5 Å². The van der Waals surface area contributed by atoms with E-state index in [0.717, 1.165) is 40.8 Å². The Kier molecular flexibility index (Phi) is 5.66. The van der Waals surface area contributed by atoms with E-state index in [0.29, 0.717) is 13.1 Å². The van der Waals surface area contributed by atoms with E-state index in [-0.39, 0.29) is 12.1 Å². The van der Waals surface area contributed by atoms with Crippen LogP contribution >= 0.6 is 11.3 Å². The van der Waals surface area contributed by atoms with Gasteiger partial charge in [-0.25, -0.2) is 9.78 Å². The summed E-state index contributed by atoms with van der Waals surface area (Å²) in [5.74, 6) is 0.798. The van der Waals surface area contributed by atoms with Gasteiger partial charge in [0.05, 0.1) is 18.8 Å². The van der Waals surface area contributed by atoms with E-state index in [1.807, 2.05) is 37.8 Å². The Balaban J connectivity index is 1.58. The third kappa shape index (κ3) is 4.09. The third-order valence-electron chi connectivity index (χ3n) is 4.64. The van der Waals surface area contributed by atoms with Gasteiger partial charge in [-0.3, -0.25) is 0 Å². The molecule has 1 aliphatic heterocycles. The molecule has 1 atom stereocenters. The Labute approximate surface area is 158 Å². The highest BCUT2D eigenvalue weighted by molar-refractivity contribution is 7.13. The van der Waals surface area contributed by atoms with Crippen molar-refractivity contribution in [2.24, 2.45) is 0 Å². The van der Waals surface area contributed by atoms with Crippen molar-refractivity contribution in [3.05, 3.63) is 40.4 Å². The van der Waals surface area contributed by atoms with Crippen LogP contribution in [0.5, 0.6) is 5.75 Å². The predicted molar refractivity (Wildman–Crippen MR) is 105 cm³/mol. The molecule has 0 bridgehead atoms. The lowest BCUT2D eigenvalue weighted by atomic mass is 10.0. The van der Waals surface area contributed by atoms with Gasteiger partial charge in [0.15, 0.2) is 5.13 Å². The molecule has 1 unspecified atom stereocenters. The summed E-state index contributed by atoms with van der Waals surface area (Å²) in [4.78, 5) is 21.3. The zero-order valence-electron chi connectivity index (χ0n) is 15.8. The van der Waals surface area contributed by atoms with E-state index in [1.54, 1.807) is 18.4 Å². The second-order valence-corrected chi connectivity index (χ2v) is 7.50. The van der Waals surface area contributed by atoms with Crippen LogP contribution in [-0.2, 0) is 0 Å². The zero-order chi connectivity index (χ0) is 18.7. The molecular formula is C19H26N4O2S. The second-order valence-electron chi connectivity index (χ2n) is 6.66. The van der Waals surface area contributed by atoms with Crippen molar-refractivity contribution in [3.8, 4) is 5.75 Å². The van der Waals surface area contributed by atoms with Crippen LogP contribution in [0.3, 0.4) is 0 Å². The molecule has 1 fully saturated rings. The maximum atomic E-state index is 12.7. The monoisotopic (exact) mass is 374 g/mol. The fourth-order valence-electron chi connectivity index (χ4n) is 3.13. The summed E-state index contributed by atoms with van der Waals surface area (Å²) in [5, 5.41) is 6.20. The Bertz CT molecular complexity index is 769. The van der Waals surface area contributed by atoms with Crippen LogP contribution < -0.4 is 15.0 Å². The first kappa shape index (κ1) is 18.5. The number of anilines is 1. The van der Waals surface area contributed by atoms with E-state index < -0.39 is 0 Å². The fourth-order valence-corrected chi connectivity index (χ4v) is 3.99. The van der Waals surface area contributed by atoms with Crippen molar-refractivity contribution in [2.75, 3.05) is 38.2 Å². The number of ether oxygens (including phenoxy) is 1. The van der Waals surface area contributed by atoms with E-state index in [2.05, 4.69) is 26.6 Å². The number of nitrogens with one attached hydrogen (secondary N) is 1. The number of thiazole rings is 1. The molecule has 0 spiro atoms. The summed E-state index contributed by atoms with van der Waals surface area (Å²) in [6.07, 6.45) is 0. The number of hydrogen-bond acceptors (Lipinski definition) is 5. The minimum Gasteiger partial charge on any atom is -0.496 e. The lowest BCUT2D eigenvalue weighted by Crippen LogP contribution is -2.52. The van der Waals surface area contributed by atoms with E-state index in [4.69, 9.17) is 4.74 Å². The fraction of sp³-hybridized carbons (Fsp3) is 0.474. The van der Waals surface area contributed by atoms with Gasteiger partial charge in [0.2, 0.25) is 0 Å². The lowest BCUT2D eigenvalue weighted by Gasteiger charge is -2.35. The van der Waals surface area contributed by atoms with Crippen molar-refractivity contribution < 1.29 is 9.53 Å². The number of rotatable bonds is 4. The maximum absolute atomic E-state index is 12.7. The average Bonchev–Trinajstić information content (AvgIpc) is 3.08. The quantitative estimate of drug-likeness (QED) is 0.892. The minimum absolute atomic E-state index is 0.0315. The Morgan fingerprint density at radius 2 is 2.00 bits per heavy atom. The van der Waals surface area contributed by atoms with Gasteiger partial charge >= 0.3 is 6.03 Å². The van der Waals surface area contributed by atoms with E-state index in [9.17, 15) is 4.79 Å². The second kappa shape index (κ2) is 7.95. The van der Waals surface area contributed by atoms with Crippen molar-refractivity contribution in [1.29, 1.82) is 0 Å².